The molecule has 0 atom stereocenters. The van der Waals surface area contributed by atoms with Crippen LogP contribution in [0.2, 0.25) is 0 Å². The summed E-state index contributed by atoms with van der Waals surface area (Å²) in [5, 5.41) is 0. The maximum Gasteiger partial charge on any atom is 0.0575 e. The van der Waals surface area contributed by atoms with Crippen molar-refractivity contribution in [1.82, 2.24) is 0 Å². The fourth-order valence-corrected chi connectivity index (χ4v) is 5.20. The molecular weight excluding hydrogens is 316 g/mol. The van der Waals surface area contributed by atoms with Crippen LogP contribution in [0.25, 0.3) is 0 Å². The van der Waals surface area contributed by atoms with Gasteiger partial charge in [0, 0.05) is 6.61 Å². The fraction of sp³-hybridized carbons (Fsp3) is 0.920. The van der Waals surface area contributed by atoms with Gasteiger partial charge in [-0.2, -0.15) is 0 Å². The Labute approximate surface area is 164 Å². The van der Waals surface area contributed by atoms with Gasteiger partial charge >= 0.3 is 0 Å². The van der Waals surface area contributed by atoms with Crippen LogP contribution in [0.5, 0.6) is 0 Å². The van der Waals surface area contributed by atoms with Crippen molar-refractivity contribution in [2.45, 2.75) is 122 Å². The maximum absolute atomic E-state index is 6.12. The third kappa shape index (κ3) is 9.07. The molecule has 0 radical (unpaired) electrons. The third-order valence-electron chi connectivity index (χ3n) is 7.12. The Kier molecular flexibility index (Phi) is 11.7. The summed E-state index contributed by atoms with van der Waals surface area (Å²) in [6.07, 6.45) is 26.5. The molecule has 1 nitrogen and oxygen atoms in total. The lowest BCUT2D eigenvalue weighted by molar-refractivity contribution is 0.0145. The monoisotopic (exact) mass is 362 g/mol. The van der Waals surface area contributed by atoms with Crippen LogP contribution in [0.4, 0.5) is 0 Å². The molecule has 0 heterocycles. The predicted molar refractivity (Wildman–Crippen MR) is 115 cm³/mol. The molecule has 0 spiro atoms. The highest BCUT2D eigenvalue weighted by Crippen LogP contribution is 2.37. The van der Waals surface area contributed by atoms with Gasteiger partial charge in [0.05, 0.1) is 6.10 Å². The second kappa shape index (κ2) is 13.8. The smallest absolute Gasteiger partial charge is 0.0575 e. The van der Waals surface area contributed by atoms with Gasteiger partial charge in [-0.25, -0.2) is 0 Å². The Morgan fingerprint density at radius 3 is 1.88 bits per heavy atom. The van der Waals surface area contributed by atoms with Gasteiger partial charge in [-0.1, -0.05) is 77.2 Å². The van der Waals surface area contributed by atoms with E-state index >= 15 is 0 Å². The van der Waals surface area contributed by atoms with E-state index in [1.807, 2.05) is 0 Å². The molecule has 0 bridgehead atoms. The summed E-state index contributed by atoms with van der Waals surface area (Å²) >= 11 is 0. The minimum Gasteiger partial charge on any atom is -0.378 e. The molecule has 2 fully saturated rings. The number of rotatable bonds is 13. The van der Waals surface area contributed by atoms with Crippen LogP contribution in [-0.2, 0) is 4.74 Å². The summed E-state index contributed by atoms with van der Waals surface area (Å²) in [6, 6.07) is 0. The lowest BCUT2D eigenvalue weighted by Crippen LogP contribution is -2.23. The van der Waals surface area contributed by atoms with Gasteiger partial charge in [0.2, 0.25) is 0 Å². The first-order chi connectivity index (χ1) is 12.8. The van der Waals surface area contributed by atoms with E-state index < -0.39 is 0 Å². The van der Waals surface area contributed by atoms with E-state index in [1.54, 1.807) is 0 Å². The van der Waals surface area contributed by atoms with Crippen molar-refractivity contribution < 1.29 is 4.74 Å². The Balaban J connectivity index is 1.47. The first-order valence-corrected chi connectivity index (χ1v) is 12.0. The normalized spacial score (nSPS) is 29.6. The van der Waals surface area contributed by atoms with Gasteiger partial charge in [-0.15, -0.1) is 6.58 Å². The van der Waals surface area contributed by atoms with Crippen LogP contribution >= 0.6 is 0 Å². The van der Waals surface area contributed by atoms with Gasteiger partial charge in [0.15, 0.2) is 0 Å². The lowest BCUT2D eigenvalue weighted by atomic mass is 9.76. The van der Waals surface area contributed by atoms with E-state index in [2.05, 4.69) is 19.6 Å². The largest absolute Gasteiger partial charge is 0.378 e. The molecule has 2 aliphatic rings. The zero-order valence-electron chi connectivity index (χ0n) is 17.7. The molecule has 0 aromatic rings. The summed E-state index contributed by atoms with van der Waals surface area (Å²) in [5.41, 5.74) is 0. The van der Waals surface area contributed by atoms with E-state index in [0.717, 1.165) is 24.4 Å². The predicted octanol–water partition coefficient (Wildman–Crippen LogP) is 8.09. The molecule has 0 aromatic carbocycles. The van der Waals surface area contributed by atoms with Crippen LogP contribution in [0.3, 0.4) is 0 Å². The standard InChI is InChI=1S/C25H46O/c1-3-5-7-9-21-26-25-19-17-24(18-20-25)16-15-23-13-11-22(12-14-23)10-8-6-4-2/h4,22-25H,2-3,5-21H2,1H3. The molecule has 0 aliphatic heterocycles. The minimum absolute atomic E-state index is 0.582. The third-order valence-corrected chi connectivity index (χ3v) is 7.12. The van der Waals surface area contributed by atoms with E-state index in [-0.39, 0.29) is 0 Å². The maximum atomic E-state index is 6.12. The summed E-state index contributed by atoms with van der Waals surface area (Å²) in [4.78, 5) is 0. The van der Waals surface area contributed by atoms with Gasteiger partial charge in [0.25, 0.3) is 0 Å². The number of unbranched alkanes of at least 4 members (excludes halogenated alkanes) is 4. The molecule has 0 unspecified atom stereocenters. The fourth-order valence-electron chi connectivity index (χ4n) is 5.20. The molecule has 26 heavy (non-hydrogen) atoms. The molecular formula is C25H46O. The minimum atomic E-state index is 0.582. The highest BCUT2D eigenvalue weighted by Gasteiger charge is 2.24. The average molecular weight is 363 g/mol. The van der Waals surface area contributed by atoms with E-state index in [1.165, 1.54) is 109 Å². The lowest BCUT2D eigenvalue weighted by Gasteiger charge is -2.32. The second-order valence-electron chi connectivity index (χ2n) is 9.26. The highest BCUT2D eigenvalue weighted by molar-refractivity contribution is 4.77. The summed E-state index contributed by atoms with van der Waals surface area (Å²) in [5.74, 6) is 3.06. The summed E-state index contributed by atoms with van der Waals surface area (Å²) in [7, 11) is 0. The van der Waals surface area contributed by atoms with Crippen LogP contribution in [0.1, 0.15) is 116 Å². The highest BCUT2D eigenvalue weighted by atomic mass is 16.5. The van der Waals surface area contributed by atoms with Crippen LogP contribution in [-0.4, -0.2) is 12.7 Å². The van der Waals surface area contributed by atoms with Gasteiger partial charge in [-0.3, -0.25) is 0 Å². The summed E-state index contributed by atoms with van der Waals surface area (Å²) in [6.45, 7) is 7.13. The second-order valence-corrected chi connectivity index (χ2v) is 9.26. The van der Waals surface area contributed by atoms with E-state index in [4.69, 9.17) is 4.74 Å². The van der Waals surface area contributed by atoms with Crippen molar-refractivity contribution in [3.8, 4) is 0 Å². The summed E-state index contributed by atoms with van der Waals surface area (Å²) < 4.78 is 6.12. The zero-order valence-corrected chi connectivity index (χ0v) is 17.7. The molecule has 0 aromatic heterocycles. The van der Waals surface area contributed by atoms with E-state index in [9.17, 15) is 0 Å². The zero-order chi connectivity index (χ0) is 18.5. The van der Waals surface area contributed by atoms with Crippen molar-refractivity contribution in [3.63, 3.8) is 0 Å². The molecule has 2 saturated carbocycles. The Morgan fingerprint density at radius 2 is 1.31 bits per heavy atom. The average Bonchev–Trinajstić information content (AvgIpc) is 2.68. The van der Waals surface area contributed by atoms with Crippen LogP contribution in [0.15, 0.2) is 12.7 Å². The van der Waals surface area contributed by atoms with Crippen molar-refractivity contribution in [3.05, 3.63) is 12.7 Å². The molecule has 1 heteroatoms. The molecule has 152 valence electrons. The first-order valence-electron chi connectivity index (χ1n) is 12.0. The molecule has 0 N–H and O–H groups in total. The van der Waals surface area contributed by atoms with Crippen molar-refractivity contribution >= 4 is 0 Å². The van der Waals surface area contributed by atoms with Gasteiger partial charge < -0.3 is 4.74 Å². The van der Waals surface area contributed by atoms with Gasteiger partial charge in [0.1, 0.15) is 0 Å². The SMILES string of the molecule is C=CCCCC1CCC(CCC2CCC(OCCCCCC)CC2)CC1. The van der Waals surface area contributed by atoms with E-state index in [0.29, 0.717) is 6.10 Å². The number of ether oxygens (including phenoxy) is 1. The quantitative estimate of drug-likeness (QED) is 0.237. The number of allylic oxidation sites excluding steroid dienone is 1. The Hall–Kier alpha value is -0.300. The molecule has 2 rings (SSSR count). The van der Waals surface area contributed by atoms with Crippen LogP contribution < -0.4 is 0 Å². The number of hydrogen-bond acceptors (Lipinski definition) is 1. The molecule has 2 aliphatic carbocycles. The topological polar surface area (TPSA) is 9.23 Å². The van der Waals surface area contributed by atoms with Crippen molar-refractivity contribution in [2.24, 2.45) is 17.8 Å². The molecule has 0 amide bonds. The van der Waals surface area contributed by atoms with Crippen molar-refractivity contribution in [1.29, 1.82) is 0 Å². The van der Waals surface area contributed by atoms with Crippen LogP contribution in [0, 0.1) is 17.8 Å². The Bertz CT molecular complexity index is 334. The Morgan fingerprint density at radius 1 is 0.731 bits per heavy atom. The van der Waals surface area contributed by atoms with Gasteiger partial charge in [-0.05, 0) is 62.7 Å². The first kappa shape index (κ1) is 22.0. The number of hydrogen-bond donors (Lipinski definition) is 0. The van der Waals surface area contributed by atoms with Crippen molar-refractivity contribution in [2.75, 3.05) is 6.61 Å². The molecule has 0 saturated heterocycles.